The van der Waals surface area contributed by atoms with Crippen LogP contribution in [0.3, 0.4) is 0 Å². The number of carboxylic acids is 1. The number of nitrogens with zero attached hydrogens (tertiary/aromatic N) is 2. The largest absolute Gasteiger partial charge is 0.481 e. The lowest BCUT2D eigenvalue weighted by Gasteiger charge is -2.34. The van der Waals surface area contributed by atoms with Gasteiger partial charge in [-0.05, 0) is 12.8 Å². The maximum absolute atomic E-state index is 10.4. The van der Waals surface area contributed by atoms with Crippen LogP contribution in [0.5, 0.6) is 0 Å². The highest BCUT2D eigenvalue weighted by molar-refractivity contribution is 5.66. The Hall–Kier alpha value is -1.39. The fourth-order valence-corrected chi connectivity index (χ4v) is 1.75. The van der Waals surface area contributed by atoms with E-state index in [1.165, 1.54) is 6.42 Å². The minimum Gasteiger partial charge on any atom is -0.481 e. The Bertz CT molecular complexity index is 368. The molecule has 0 aromatic carbocycles. The third-order valence-electron chi connectivity index (χ3n) is 3.02. The van der Waals surface area contributed by atoms with E-state index in [9.17, 15) is 4.79 Å². The van der Waals surface area contributed by atoms with Crippen molar-refractivity contribution in [1.29, 1.82) is 0 Å². The molecule has 1 saturated carbocycles. The van der Waals surface area contributed by atoms with Gasteiger partial charge in [-0.25, -0.2) is 0 Å². The van der Waals surface area contributed by atoms with E-state index in [-0.39, 0.29) is 11.8 Å². The van der Waals surface area contributed by atoms with Crippen LogP contribution in [0.1, 0.15) is 44.3 Å². The molecular formula is C10H14N2O3. The number of aryl methyl sites for hydroxylation is 1. The standard InChI is InChI=1S/C10H14N2O3/c1-10(5-2-6-10)9-11-7(15-12-9)3-4-8(13)14/h2-6H2,1H3,(H,13,14). The molecule has 2 rings (SSSR count). The summed E-state index contributed by atoms with van der Waals surface area (Å²) in [5, 5.41) is 12.4. The van der Waals surface area contributed by atoms with E-state index in [2.05, 4.69) is 17.1 Å². The van der Waals surface area contributed by atoms with Gasteiger partial charge in [-0.2, -0.15) is 4.98 Å². The third kappa shape index (κ3) is 2.00. The van der Waals surface area contributed by atoms with Crippen molar-refractivity contribution in [2.75, 3.05) is 0 Å². The van der Waals surface area contributed by atoms with E-state index < -0.39 is 5.97 Å². The van der Waals surface area contributed by atoms with E-state index in [1.807, 2.05) is 0 Å². The van der Waals surface area contributed by atoms with E-state index in [4.69, 9.17) is 9.63 Å². The summed E-state index contributed by atoms with van der Waals surface area (Å²) < 4.78 is 5.01. The first-order valence-electron chi connectivity index (χ1n) is 5.15. The number of rotatable bonds is 4. The summed E-state index contributed by atoms with van der Waals surface area (Å²) in [6, 6.07) is 0. The van der Waals surface area contributed by atoms with Crippen LogP contribution in [0.4, 0.5) is 0 Å². The van der Waals surface area contributed by atoms with Crippen molar-refractivity contribution in [2.24, 2.45) is 0 Å². The molecule has 0 atom stereocenters. The molecule has 1 aromatic rings. The predicted octanol–water partition coefficient (Wildman–Crippen LogP) is 1.53. The number of aromatic nitrogens is 2. The summed E-state index contributed by atoms with van der Waals surface area (Å²) in [5.74, 6) is 0.319. The van der Waals surface area contributed by atoms with E-state index >= 15 is 0 Å². The number of hydrogen-bond acceptors (Lipinski definition) is 4. The van der Waals surface area contributed by atoms with Crippen molar-refractivity contribution < 1.29 is 14.4 Å². The van der Waals surface area contributed by atoms with Crippen molar-refractivity contribution in [3.05, 3.63) is 11.7 Å². The minimum atomic E-state index is -0.843. The molecule has 0 amide bonds. The summed E-state index contributed by atoms with van der Waals surface area (Å²) in [6.07, 6.45) is 3.74. The molecule has 1 heterocycles. The smallest absolute Gasteiger partial charge is 0.303 e. The molecular weight excluding hydrogens is 196 g/mol. The van der Waals surface area contributed by atoms with E-state index in [0.717, 1.165) is 18.7 Å². The van der Waals surface area contributed by atoms with Crippen molar-refractivity contribution >= 4 is 5.97 Å². The zero-order chi connectivity index (χ0) is 10.9. The lowest BCUT2D eigenvalue weighted by molar-refractivity contribution is -0.137. The lowest BCUT2D eigenvalue weighted by atomic mass is 9.70. The summed E-state index contributed by atoms with van der Waals surface area (Å²) in [6.45, 7) is 2.11. The molecule has 0 unspecified atom stereocenters. The normalized spacial score (nSPS) is 18.5. The fraction of sp³-hybridized carbons (Fsp3) is 0.700. The Kier molecular flexibility index (Phi) is 2.46. The van der Waals surface area contributed by atoms with E-state index in [0.29, 0.717) is 12.3 Å². The molecule has 15 heavy (non-hydrogen) atoms. The van der Waals surface area contributed by atoms with Gasteiger partial charge in [0.1, 0.15) is 0 Å². The van der Waals surface area contributed by atoms with Crippen LogP contribution in [0.2, 0.25) is 0 Å². The first-order valence-corrected chi connectivity index (χ1v) is 5.15. The molecule has 0 bridgehead atoms. The summed E-state index contributed by atoms with van der Waals surface area (Å²) in [5.41, 5.74) is 0.0605. The molecule has 0 spiro atoms. The summed E-state index contributed by atoms with van der Waals surface area (Å²) in [4.78, 5) is 14.6. The van der Waals surface area contributed by atoms with Gasteiger partial charge in [0.15, 0.2) is 5.82 Å². The van der Waals surface area contributed by atoms with Gasteiger partial charge in [0, 0.05) is 11.8 Å². The summed E-state index contributed by atoms with van der Waals surface area (Å²) in [7, 11) is 0. The average molecular weight is 210 g/mol. The van der Waals surface area contributed by atoms with E-state index in [1.54, 1.807) is 0 Å². The van der Waals surface area contributed by atoms with Crippen LogP contribution in [0, 0.1) is 0 Å². The Morgan fingerprint density at radius 3 is 2.87 bits per heavy atom. The summed E-state index contributed by atoms with van der Waals surface area (Å²) >= 11 is 0. The molecule has 82 valence electrons. The van der Waals surface area contributed by atoms with Crippen molar-refractivity contribution in [2.45, 2.75) is 44.4 Å². The molecule has 1 aliphatic rings. The quantitative estimate of drug-likeness (QED) is 0.815. The number of aliphatic carboxylic acids is 1. The highest BCUT2D eigenvalue weighted by atomic mass is 16.5. The van der Waals surface area contributed by atoms with Crippen LogP contribution >= 0.6 is 0 Å². The number of carboxylic acid groups (broad SMARTS) is 1. The Morgan fingerprint density at radius 1 is 1.60 bits per heavy atom. The molecule has 1 aliphatic carbocycles. The Morgan fingerprint density at radius 2 is 2.33 bits per heavy atom. The predicted molar refractivity (Wildman–Crippen MR) is 51.5 cm³/mol. The first-order chi connectivity index (χ1) is 7.10. The van der Waals surface area contributed by atoms with Crippen LogP contribution < -0.4 is 0 Å². The maximum Gasteiger partial charge on any atom is 0.303 e. The van der Waals surface area contributed by atoms with Gasteiger partial charge in [0.25, 0.3) is 0 Å². The van der Waals surface area contributed by atoms with Gasteiger partial charge in [-0.3, -0.25) is 4.79 Å². The molecule has 0 radical (unpaired) electrons. The van der Waals surface area contributed by atoms with Gasteiger partial charge in [-0.15, -0.1) is 0 Å². The van der Waals surface area contributed by atoms with Crippen molar-refractivity contribution in [3.8, 4) is 0 Å². The van der Waals surface area contributed by atoms with Gasteiger partial charge < -0.3 is 9.63 Å². The lowest BCUT2D eigenvalue weighted by Crippen LogP contribution is -2.31. The fourth-order valence-electron chi connectivity index (χ4n) is 1.75. The van der Waals surface area contributed by atoms with Crippen LogP contribution in [0.25, 0.3) is 0 Å². The Labute approximate surface area is 87.5 Å². The molecule has 5 nitrogen and oxygen atoms in total. The Balaban J connectivity index is 2.00. The van der Waals surface area contributed by atoms with Gasteiger partial charge in [-0.1, -0.05) is 18.5 Å². The molecule has 1 aromatic heterocycles. The zero-order valence-corrected chi connectivity index (χ0v) is 8.69. The zero-order valence-electron chi connectivity index (χ0n) is 8.69. The molecule has 1 N–H and O–H groups in total. The molecule has 0 aliphatic heterocycles. The van der Waals surface area contributed by atoms with Gasteiger partial charge in [0.05, 0.1) is 6.42 Å². The highest BCUT2D eigenvalue weighted by Crippen LogP contribution is 2.41. The average Bonchev–Trinajstić information content (AvgIpc) is 2.59. The second-order valence-corrected chi connectivity index (χ2v) is 4.32. The second kappa shape index (κ2) is 3.64. The number of carbonyl (C=O) groups is 1. The molecule has 1 fully saturated rings. The van der Waals surface area contributed by atoms with Crippen LogP contribution in [0.15, 0.2) is 4.52 Å². The highest BCUT2D eigenvalue weighted by Gasteiger charge is 2.38. The maximum atomic E-state index is 10.4. The van der Waals surface area contributed by atoms with Crippen LogP contribution in [-0.2, 0) is 16.6 Å². The topological polar surface area (TPSA) is 76.2 Å². The van der Waals surface area contributed by atoms with Crippen molar-refractivity contribution in [3.63, 3.8) is 0 Å². The minimum absolute atomic E-state index is 0.0400. The number of hydrogen-bond donors (Lipinski definition) is 1. The SMILES string of the molecule is CC1(c2noc(CCC(=O)O)n2)CCC1. The first kappa shape index (κ1) is 10.1. The molecule has 5 heteroatoms. The van der Waals surface area contributed by atoms with Gasteiger partial charge in [0.2, 0.25) is 5.89 Å². The van der Waals surface area contributed by atoms with Gasteiger partial charge >= 0.3 is 5.97 Å². The second-order valence-electron chi connectivity index (χ2n) is 4.32. The van der Waals surface area contributed by atoms with Crippen molar-refractivity contribution in [1.82, 2.24) is 10.1 Å². The molecule has 0 saturated heterocycles. The van der Waals surface area contributed by atoms with Crippen LogP contribution in [-0.4, -0.2) is 21.2 Å². The monoisotopic (exact) mass is 210 g/mol. The third-order valence-corrected chi connectivity index (χ3v) is 3.02.